The zero-order valence-corrected chi connectivity index (χ0v) is 8.68. The van der Waals surface area contributed by atoms with E-state index in [2.05, 4.69) is 14.5 Å². The summed E-state index contributed by atoms with van der Waals surface area (Å²) in [7, 11) is 0. The van der Waals surface area contributed by atoms with Crippen molar-refractivity contribution in [3.63, 3.8) is 0 Å². The Morgan fingerprint density at radius 3 is 3.15 bits per heavy atom. The SMILES string of the molecule is CCC(Sc1ncns1)C(N)=NO. The molecule has 0 radical (unpaired) electrons. The second-order valence-electron chi connectivity index (χ2n) is 2.25. The molecule has 1 aromatic rings. The van der Waals surface area contributed by atoms with E-state index < -0.39 is 0 Å². The Kier molecular flexibility index (Phi) is 3.97. The van der Waals surface area contributed by atoms with Crippen molar-refractivity contribution in [2.45, 2.75) is 22.9 Å². The van der Waals surface area contributed by atoms with Crippen LogP contribution in [0.1, 0.15) is 13.3 Å². The van der Waals surface area contributed by atoms with E-state index in [4.69, 9.17) is 10.9 Å². The third kappa shape index (κ3) is 2.85. The molecular weight excluding hydrogens is 208 g/mol. The number of aromatic nitrogens is 2. The van der Waals surface area contributed by atoms with E-state index >= 15 is 0 Å². The third-order valence-electron chi connectivity index (χ3n) is 1.40. The highest BCUT2D eigenvalue weighted by molar-refractivity contribution is 8.02. The molecule has 0 spiro atoms. The summed E-state index contributed by atoms with van der Waals surface area (Å²) in [6.45, 7) is 1.97. The second kappa shape index (κ2) is 5.03. The van der Waals surface area contributed by atoms with Gasteiger partial charge in [-0.15, -0.1) is 0 Å². The van der Waals surface area contributed by atoms with E-state index in [9.17, 15) is 0 Å². The van der Waals surface area contributed by atoms with Gasteiger partial charge in [-0.2, -0.15) is 4.37 Å². The van der Waals surface area contributed by atoms with Crippen molar-refractivity contribution in [3.8, 4) is 0 Å². The normalized spacial score (nSPS) is 14.4. The summed E-state index contributed by atoms with van der Waals surface area (Å²) in [5.41, 5.74) is 5.48. The zero-order chi connectivity index (χ0) is 9.68. The van der Waals surface area contributed by atoms with E-state index in [0.29, 0.717) is 0 Å². The first-order valence-electron chi connectivity index (χ1n) is 3.68. The molecule has 72 valence electrons. The van der Waals surface area contributed by atoms with Crippen molar-refractivity contribution in [1.29, 1.82) is 0 Å². The number of nitrogens with two attached hydrogens (primary N) is 1. The van der Waals surface area contributed by atoms with Crippen molar-refractivity contribution < 1.29 is 5.21 Å². The predicted octanol–water partition coefficient (Wildman–Crippen LogP) is 1.16. The van der Waals surface area contributed by atoms with Gasteiger partial charge in [0.25, 0.3) is 0 Å². The maximum atomic E-state index is 8.48. The molecule has 0 aliphatic heterocycles. The Labute approximate surface area is 84.2 Å². The van der Waals surface area contributed by atoms with Crippen LogP contribution in [0.15, 0.2) is 15.8 Å². The molecular formula is C6H10N4OS2. The summed E-state index contributed by atoms with van der Waals surface area (Å²) >= 11 is 2.76. The molecule has 1 aromatic heterocycles. The Balaban J connectivity index is 2.60. The molecule has 7 heteroatoms. The predicted molar refractivity (Wildman–Crippen MR) is 53.3 cm³/mol. The smallest absolute Gasteiger partial charge is 0.170 e. The molecule has 1 heterocycles. The minimum Gasteiger partial charge on any atom is -0.409 e. The highest BCUT2D eigenvalue weighted by Crippen LogP contribution is 2.25. The lowest BCUT2D eigenvalue weighted by Crippen LogP contribution is -2.25. The van der Waals surface area contributed by atoms with E-state index in [1.165, 1.54) is 29.6 Å². The number of oxime groups is 1. The summed E-state index contributed by atoms with van der Waals surface area (Å²) in [4.78, 5) is 4.00. The highest BCUT2D eigenvalue weighted by Gasteiger charge is 2.14. The lowest BCUT2D eigenvalue weighted by molar-refractivity contribution is 0.317. The van der Waals surface area contributed by atoms with Crippen LogP contribution in [-0.4, -0.2) is 25.7 Å². The first-order valence-corrected chi connectivity index (χ1v) is 5.34. The van der Waals surface area contributed by atoms with Gasteiger partial charge in [0.15, 0.2) is 10.2 Å². The number of nitrogens with zero attached hydrogens (tertiary/aromatic N) is 3. The molecule has 0 saturated heterocycles. The summed E-state index contributed by atoms with van der Waals surface area (Å²) in [5.74, 6) is 0.225. The van der Waals surface area contributed by atoms with Crippen LogP contribution in [-0.2, 0) is 0 Å². The van der Waals surface area contributed by atoms with Crippen LogP contribution in [0, 0.1) is 0 Å². The lowest BCUT2D eigenvalue weighted by atomic mass is 10.3. The van der Waals surface area contributed by atoms with E-state index in [-0.39, 0.29) is 11.1 Å². The Morgan fingerprint density at radius 1 is 1.92 bits per heavy atom. The molecule has 3 N–H and O–H groups in total. The maximum absolute atomic E-state index is 8.48. The van der Waals surface area contributed by atoms with E-state index in [1.807, 2.05) is 6.92 Å². The van der Waals surface area contributed by atoms with Gasteiger partial charge in [-0.25, -0.2) is 4.98 Å². The van der Waals surface area contributed by atoms with Crippen LogP contribution < -0.4 is 5.73 Å². The van der Waals surface area contributed by atoms with Crippen molar-refractivity contribution in [2.24, 2.45) is 10.9 Å². The number of hydrogen-bond donors (Lipinski definition) is 2. The first kappa shape index (κ1) is 10.3. The van der Waals surface area contributed by atoms with Crippen LogP contribution in [0.25, 0.3) is 0 Å². The van der Waals surface area contributed by atoms with Crippen LogP contribution in [0.4, 0.5) is 0 Å². The Morgan fingerprint density at radius 2 is 2.69 bits per heavy atom. The van der Waals surface area contributed by atoms with Crippen LogP contribution in [0.3, 0.4) is 0 Å². The minimum atomic E-state index is -0.0297. The van der Waals surface area contributed by atoms with Gasteiger partial charge in [0.2, 0.25) is 0 Å². The van der Waals surface area contributed by atoms with Gasteiger partial charge in [-0.1, -0.05) is 23.8 Å². The molecule has 0 fully saturated rings. The van der Waals surface area contributed by atoms with Crippen LogP contribution in [0.5, 0.6) is 0 Å². The number of hydrogen-bond acceptors (Lipinski definition) is 6. The lowest BCUT2D eigenvalue weighted by Gasteiger charge is -2.09. The molecule has 0 aromatic carbocycles. The summed E-state index contributed by atoms with van der Waals surface area (Å²) in [5, 5.41) is 11.4. The molecule has 0 saturated carbocycles. The van der Waals surface area contributed by atoms with Crippen molar-refractivity contribution in [1.82, 2.24) is 9.36 Å². The first-order chi connectivity index (χ1) is 6.27. The van der Waals surface area contributed by atoms with Gasteiger partial charge in [0.1, 0.15) is 6.33 Å². The van der Waals surface area contributed by atoms with Gasteiger partial charge in [0, 0.05) is 0 Å². The number of rotatable bonds is 4. The minimum absolute atomic E-state index is 0.0297. The molecule has 1 rings (SSSR count). The average molecular weight is 218 g/mol. The largest absolute Gasteiger partial charge is 0.409 e. The maximum Gasteiger partial charge on any atom is 0.170 e. The Hall–Kier alpha value is -0.820. The number of amidine groups is 1. The van der Waals surface area contributed by atoms with Crippen molar-refractivity contribution in [2.75, 3.05) is 0 Å². The van der Waals surface area contributed by atoms with Crippen molar-refractivity contribution in [3.05, 3.63) is 6.33 Å². The quantitative estimate of drug-likeness (QED) is 0.260. The zero-order valence-electron chi connectivity index (χ0n) is 7.04. The summed E-state index contributed by atoms with van der Waals surface area (Å²) in [6.07, 6.45) is 2.28. The van der Waals surface area contributed by atoms with Crippen LogP contribution >= 0.6 is 23.3 Å². The molecule has 0 aliphatic carbocycles. The fourth-order valence-electron chi connectivity index (χ4n) is 0.754. The van der Waals surface area contributed by atoms with Gasteiger partial charge in [0.05, 0.1) is 5.25 Å². The van der Waals surface area contributed by atoms with Gasteiger partial charge >= 0.3 is 0 Å². The molecule has 1 unspecified atom stereocenters. The van der Waals surface area contributed by atoms with Gasteiger partial charge < -0.3 is 10.9 Å². The van der Waals surface area contributed by atoms with Gasteiger partial charge in [-0.05, 0) is 18.0 Å². The fraction of sp³-hybridized carbons (Fsp3) is 0.500. The topological polar surface area (TPSA) is 84.4 Å². The third-order valence-corrected chi connectivity index (χ3v) is 3.54. The average Bonchev–Trinajstić information content (AvgIpc) is 2.65. The fourth-order valence-corrected chi connectivity index (χ4v) is 2.37. The molecule has 5 nitrogen and oxygen atoms in total. The molecule has 13 heavy (non-hydrogen) atoms. The number of thioether (sulfide) groups is 1. The van der Waals surface area contributed by atoms with Crippen molar-refractivity contribution >= 4 is 29.1 Å². The molecule has 0 bridgehead atoms. The summed E-state index contributed by atoms with van der Waals surface area (Å²) < 4.78 is 4.69. The molecule has 0 aliphatic rings. The van der Waals surface area contributed by atoms with Gasteiger partial charge in [-0.3, -0.25) is 0 Å². The molecule has 0 amide bonds. The standard InChI is InChI=1S/C6H10N4OS2/c1-2-4(5(7)10-11)12-6-8-3-9-13-6/h3-4,11H,2H2,1H3,(H2,7,10). The highest BCUT2D eigenvalue weighted by atomic mass is 32.2. The van der Waals surface area contributed by atoms with E-state index in [1.54, 1.807) is 0 Å². The second-order valence-corrected chi connectivity index (χ2v) is 4.48. The summed E-state index contributed by atoms with van der Waals surface area (Å²) in [6, 6.07) is 0. The molecule has 1 atom stereocenters. The Bertz CT molecular complexity index is 274. The van der Waals surface area contributed by atoms with E-state index in [0.717, 1.165) is 10.8 Å². The van der Waals surface area contributed by atoms with Crippen LogP contribution in [0.2, 0.25) is 0 Å². The monoisotopic (exact) mass is 218 g/mol.